The highest BCUT2D eigenvalue weighted by atomic mass is 19.1. The van der Waals surface area contributed by atoms with Crippen LogP contribution in [0, 0.1) is 5.82 Å². The summed E-state index contributed by atoms with van der Waals surface area (Å²) in [6.07, 6.45) is 8.26. The lowest BCUT2D eigenvalue weighted by Crippen LogP contribution is -2.61. The van der Waals surface area contributed by atoms with E-state index in [9.17, 15) is 4.39 Å². The molecule has 1 aromatic heterocycles. The first-order chi connectivity index (χ1) is 11.3. The molecule has 0 radical (unpaired) electrons. The highest BCUT2D eigenvalue weighted by molar-refractivity contribution is 5.81. The van der Waals surface area contributed by atoms with Crippen LogP contribution < -0.4 is 5.32 Å². The van der Waals surface area contributed by atoms with Gasteiger partial charge in [0, 0.05) is 43.3 Å². The zero-order valence-electron chi connectivity index (χ0n) is 13.5. The molecule has 1 saturated carbocycles. The molecule has 2 aliphatic rings. The molecular weight excluding hydrogens is 289 g/mol. The average Bonchev–Trinajstić information content (AvgIpc) is 2.58. The van der Waals surface area contributed by atoms with Gasteiger partial charge in [0.15, 0.2) is 0 Å². The second-order valence-corrected chi connectivity index (χ2v) is 7.02. The third kappa shape index (κ3) is 2.86. The van der Waals surface area contributed by atoms with E-state index in [2.05, 4.69) is 15.2 Å². The predicted molar refractivity (Wildman–Crippen MR) is 90.8 cm³/mol. The summed E-state index contributed by atoms with van der Waals surface area (Å²) >= 11 is 0. The van der Waals surface area contributed by atoms with E-state index in [-0.39, 0.29) is 11.4 Å². The number of rotatable bonds is 2. The van der Waals surface area contributed by atoms with E-state index in [1.165, 1.54) is 32.1 Å². The van der Waals surface area contributed by atoms with Gasteiger partial charge < -0.3 is 5.32 Å². The molecule has 1 N–H and O–H groups in total. The Morgan fingerprint density at radius 1 is 1.22 bits per heavy atom. The number of nitrogens with one attached hydrogen (secondary N) is 1. The highest BCUT2D eigenvalue weighted by Crippen LogP contribution is 2.36. The summed E-state index contributed by atoms with van der Waals surface area (Å²) in [5.74, 6) is -0.159. The Hall–Kier alpha value is -1.52. The summed E-state index contributed by atoms with van der Waals surface area (Å²) in [6, 6.07) is 7.08. The summed E-state index contributed by atoms with van der Waals surface area (Å²) in [5.41, 5.74) is 2.22. The van der Waals surface area contributed by atoms with Crippen LogP contribution in [0.2, 0.25) is 0 Å². The summed E-state index contributed by atoms with van der Waals surface area (Å²) in [7, 11) is 0. The minimum Gasteiger partial charge on any atom is -0.314 e. The van der Waals surface area contributed by atoms with Crippen molar-refractivity contribution in [3.63, 3.8) is 0 Å². The van der Waals surface area contributed by atoms with Crippen molar-refractivity contribution < 1.29 is 4.39 Å². The Labute approximate surface area is 136 Å². The van der Waals surface area contributed by atoms with Crippen LogP contribution in [-0.2, 0) is 6.54 Å². The molecular formula is C19H24FN3. The fourth-order valence-electron chi connectivity index (χ4n) is 4.39. The molecule has 1 spiro atoms. The maximum Gasteiger partial charge on any atom is 0.124 e. The summed E-state index contributed by atoms with van der Waals surface area (Å²) in [5, 5.41) is 4.48. The smallest absolute Gasteiger partial charge is 0.124 e. The maximum atomic E-state index is 14.0. The molecule has 1 aliphatic heterocycles. The quantitative estimate of drug-likeness (QED) is 0.920. The number of nitrogens with zero attached hydrogens (tertiary/aromatic N) is 2. The molecule has 2 heterocycles. The molecule has 3 nitrogen and oxygen atoms in total. The van der Waals surface area contributed by atoms with Crippen molar-refractivity contribution in [1.82, 2.24) is 15.2 Å². The Kier molecular flexibility index (Phi) is 4.04. The topological polar surface area (TPSA) is 28.2 Å². The molecule has 4 heteroatoms. The SMILES string of the molecule is Fc1cc(CN2CCNCC23CCCCC3)c2ncccc2c1. The molecule has 0 unspecified atom stereocenters. The number of benzene rings is 1. The largest absolute Gasteiger partial charge is 0.314 e. The number of piperazine rings is 1. The van der Waals surface area contributed by atoms with Gasteiger partial charge in [0.1, 0.15) is 5.82 Å². The Balaban J connectivity index is 1.68. The van der Waals surface area contributed by atoms with Gasteiger partial charge in [0.05, 0.1) is 5.52 Å². The van der Waals surface area contributed by atoms with Gasteiger partial charge in [-0.2, -0.15) is 0 Å². The minimum atomic E-state index is -0.159. The molecule has 4 rings (SSSR count). The molecule has 1 saturated heterocycles. The van der Waals surface area contributed by atoms with Gasteiger partial charge in [0.2, 0.25) is 0 Å². The molecule has 1 aliphatic carbocycles. The first kappa shape index (κ1) is 15.0. The summed E-state index contributed by atoms with van der Waals surface area (Å²) in [6.45, 7) is 3.91. The Morgan fingerprint density at radius 2 is 2.09 bits per heavy atom. The van der Waals surface area contributed by atoms with Gasteiger partial charge in [0.25, 0.3) is 0 Å². The van der Waals surface area contributed by atoms with Crippen LogP contribution in [0.25, 0.3) is 10.9 Å². The molecule has 23 heavy (non-hydrogen) atoms. The standard InChI is InChI=1S/C19H24FN3/c20-17-11-15-5-4-8-22-18(15)16(12-17)13-23-10-9-21-14-19(23)6-2-1-3-7-19/h4-5,8,11-12,21H,1-3,6-7,9-10,13-14H2. The van der Waals surface area contributed by atoms with Crippen LogP contribution in [0.5, 0.6) is 0 Å². The van der Waals surface area contributed by atoms with Crippen molar-refractivity contribution in [2.45, 2.75) is 44.2 Å². The molecule has 0 atom stereocenters. The highest BCUT2D eigenvalue weighted by Gasteiger charge is 2.39. The molecule has 122 valence electrons. The van der Waals surface area contributed by atoms with Crippen LogP contribution in [-0.4, -0.2) is 35.1 Å². The summed E-state index contributed by atoms with van der Waals surface area (Å²) in [4.78, 5) is 7.10. The van der Waals surface area contributed by atoms with Gasteiger partial charge in [-0.05, 0) is 36.6 Å². The Bertz CT molecular complexity index is 686. The Morgan fingerprint density at radius 3 is 2.96 bits per heavy atom. The normalized spacial score (nSPS) is 21.8. The van der Waals surface area contributed by atoms with Gasteiger partial charge in [-0.3, -0.25) is 9.88 Å². The van der Waals surface area contributed by atoms with E-state index in [4.69, 9.17) is 0 Å². The lowest BCUT2D eigenvalue weighted by Gasteiger charge is -2.50. The van der Waals surface area contributed by atoms with E-state index < -0.39 is 0 Å². The van der Waals surface area contributed by atoms with Crippen molar-refractivity contribution in [2.24, 2.45) is 0 Å². The number of hydrogen-bond acceptors (Lipinski definition) is 3. The minimum absolute atomic E-state index is 0.159. The number of hydrogen-bond donors (Lipinski definition) is 1. The van der Waals surface area contributed by atoms with Crippen LogP contribution in [0.3, 0.4) is 0 Å². The second kappa shape index (κ2) is 6.17. The van der Waals surface area contributed by atoms with Gasteiger partial charge in [-0.25, -0.2) is 4.39 Å². The van der Waals surface area contributed by atoms with Crippen LogP contribution in [0.1, 0.15) is 37.7 Å². The van der Waals surface area contributed by atoms with E-state index in [0.29, 0.717) is 0 Å². The second-order valence-electron chi connectivity index (χ2n) is 7.02. The first-order valence-electron chi connectivity index (χ1n) is 8.76. The van der Waals surface area contributed by atoms with Gasteiger partial charge in [-0.1, -0.05) is 25.3 Å². The van der Waals surface area contributed by atoms with Crippen molar-refractivity contribution in [3.05, 3.63) is 41.8 Å². The number of fused-ring (bicyclic) bond motifs is 1. The van der Waals surface area contributed by atoms with E-state index >= 15 is 0 Å². The fraction of sp³-hybridized carbons (Fsp3) is 0.526. The zero-order chi connectivity index (χ0) is 15.7. The third-order valence-corrected chi connectivity index (χ3v) is 5.58. The van der Waals surface area contributed by atoms with E-state index in [1.807, 2.05) is 12.1 Å². The van der Waals surface area contributed by atoms with Gasteiger partial charge in [-0.15, -0.1) is 0 Å². The molecule has 2 aromatic rings. The predicted octanol–water partition coefficient (Wildman–Crippen LogP) is 3.48. The lowest BCUT2D eigenvalue weighted by atomic mass is 9.79. The number of halogens is 1. The number of pyridine rings is 1. The monoisotopic (exact) mass is 313 g/mol. The van der Waals surface area contributed by atoms with Crippen LogP contribution in [0.4, 0.5) is 4.39 Å². The summed E-state index contributed by atoms with van der Waals surface area (Å²) < 4.78 is 14.0. The number of aromatic nitrogens is 1. The van der Waals surface area contributed by atoms with Crippen LogP contribution >= 0.6 is 0 Å². The van der Waals surface area contributed by atoms with Crippen LogP contribution in [0.15, 0.2) is 30.5 Å². The zero-order valence-corrected chi connectivity index (χ0v) is 13.5. The average molecular weight is 313 g/mol. The van der Waals surface area contributed by atoms with E-state index in [0.717, 1.165) is 42.6 Å². The van der Waals surface area contributed by atoms with Crippen molar-refractivity contribution in [1.29, 1.82) is 0 Å². The maximum absolute atomic E-state index is 14.0. The molecule has 0 amide bonds. The third-order valence-electron chi connectivity index (χ3n) is 5.58. The molecule has 0 bridgehead atoms. The van der Waals surface area contributed by atoms with Crippen molar-refractivity contribution >= 4 is 10.9 Å². The van der Waals surface area contributed by atoms with Crippen molar-refractivity contribution in [3.8, 4) is 0 Å². The van der Waals surface area contributed by atoms with Crippen molar-refractivity contribution in [2.75, 3.05) is 19.6 Å². The molecule has 1 aromatic carbocycles. The van der Waals surface area contributed by atoms with E-state index in [1.54, 1.807) is 18.3 Å². The molecule has 2 fully saturated rings. The van der Waals surface area contributed by atoms with Gasteiger partial charge >= 0.3 is 0 Å². The first-order valence-corrected chi connectivity index (χ1v) is 8.76. The fourth-order valence-corrected chi connectivity index (χ4v) is 4.39. The lowest BCUT2D eigenvalue weighted by molar-refractivity contribution is 0.0211.